The number of likely N-dealkylation sites (N-methyl/N-ethyl adjacent to an activating group) is 1. The quantitative estimate of drug-likeness (QED) is 0.703. The number of hydrogen-bond acceptors (Lipinski definition) is 3. The van der Waals surface area contributed by atoms with Crippen LogP contribution in [-0.4, -0.2) is 32.1 Å². The Morgan fingerprint density at radius 3 is 2.82 bits per heavy atom. The van der Waals surface area contributed by atoms with Crippen LogP contribution in [0.5, 0.6) is 5.75 Å². The van der Waals surface area contributed by atoms with Gasteiger partial charge in [0.15, 0.2) is 6.10 Å². The van der Waals surface area contributed by atoms with Crippen molar-refractivity contribution in [2.24, 2.45) is 0 Å². The van der Waals surface area contributed by atoms with Crippen LogP contribution in [0.25, 0.3) is 0 Å². The fourth-order valence-corrected chi connectivity index (χ4v) is 2.47. The number of amides is 1. The van der Waals surface area contributed by atoms with Crippen LogP contribution < -0.4 is 20.5 Å². The number of benzene rings is 1. The first-order valence-electron chi connectivity index (χ1n) is 7.13. The van der Waals surface area contributed by atoms with Gasteiger partial charge in [0.1, 0.15) is 5.75 Å². The zero-order valence-electron chi connectivity index (χ0n) is 12.6. The van der Waals surface area contributed by atoms with Crippen molar-refractivity contribution in [2.75, 3.05) is 20.1 Å². The molecule has 2 atom stereocenters. The summed E-state index contributed by atoms with van der Waals surface area (Å²) in [6.45, 7) is 3.65. The minimum atomic E-state index is -0.677. The van der Waals surface area contributed by atoms with E-state index in [1.807, 2.05) is 0 Å². The van der Waals surface area contributed by atoms with Crippen molar-refractivity contribution in [3.05, 3.63) is 40.0 Å². The lowest BCUT2D eigenvalue weighted by molar-refractivity contribution is -0.875. The van der Waals surface area contributed by atoms with Crippen molar-refractivity contribution in [1.82, 2.24) is 10.9 Å². The molecule has 7 heteroatoms. The highest BCUT2D eigenvalue weighted by atomic mass is 35.5. The number of carbonyl (C=O) groups excluding carboxylic acids is 1. The number of ether oxygens (including phenoxy) is 1. The van der Waals surface area contributed by atoms with Gasteiger partial charge in [-0.15, -0.1) is 0 Å². The second-order valence-corrected chi connectivity index (χ2v) is 6.18. The molecule has 1 aromatic carbocycles. The normalized spacial score (nSPS) is 19.1. The van der Waals surface area contributed by atoms with Gasteiger partial charge in [-0.3, -0.25) is 10.2 Å². The minimum Gasteiger partial charge on any atom is -0.479 e. The summed E-state index contributed by atoms with van der Waals surface area (Å²) in [7, 11) is 2.14. The predicted octanol–water partition coefficient (Wildman–Crippen LogP) is 1.18. The topological polar surface area (TPSA) is 54.8 Å². The van der Waals surface area contributed by atoms with Crippen molar-refractivity contribution in [3.8, 4) is 5.75 Å². The van der Waals surface area contributed by atoms with Gasteiger partial charge in [0.2, 0.25) is 0 Å². The average molecular weight is 345 g/mol. The summed E-state index contributed by atoms with van der Waals surface area (Å²) in [6.07, 6.45) is 2.31. The van der Waals surface area contributed by atoms with Gasteiger partial charge in [-0.25, -0.2) is 0 Å². The molecule has 120 valence electrons. The lowest BCUT2D eigenvalue weighted by Gasteiger charge is -2.22. The molecule has 1 amide bonds. The highest BCUT2D eigenvalue weighted by Gasteiger charge is 2.17. The first-order chi connectivity index (χ1) is 10.5. The summed E-state index contributed by atoms with van der Waals surface area (Å²) in [5, 5.41) is 0.897. The molecule has 1 heterocycles. The van der Waals surface area contributed by atoms with E-state index in [1.54, 1.807) is 25.1 Å². The maximum Gasteiger partial charge on any atom is 0.279 e. The Bertz CT molecular complexity index is 578. The zero-order chi connectivity index (χ0) is 16.1. The van der Waals surface area contributed by atoms with E-state index in [0.29, 0.717) is 15.8 Å². The fraction of sp³-hybridized carbons (Fsp3) is 0.400. The van der Waals surface area contributed by atoms with Gasteiger partial charge in [0, 0.05) is 17.1 Å². The molecule has 0 bridgehead atoms. The second-order valence-electron chi connectivity index (χ2n) is 5.34. The number of quaternary nitrogens is 1. The molecule has 2 unspecified atom stereocenters. The minimum absolute atomic E-state index is 0.266. The highest BCUT2D eigenvalue weighted by Crippen LogP contribution is 2.28. The molecule has 0 aliphatic carbocycles. The molecular weight excluding hydrogens is 325 g/mol. The third-order valence-corrected chi connectivity index (χ3v) is 3.96. The lowest BCUT2D eigenvalue weighted by atomic mass is 10.2. The number of carbonyl (C=O) groups is 1. The second kappa shape index (κ2) is 7.72. The molecule has 22 heavy (non-hydrogen) atoms. The van der Waals surface area contributed by atoms with Gasteiger partial charge in [0.05, 0.1) is 25.2 Å². The van der Waals surface area contributed by atoms with E-state index in [0.717, 1.165) is 25.2 Å². The van der Waals surface area contributed by atoms with E-state index in [9.17, 15) is 4.79 Å². The Kier molecular flexibility index (Phi) is 5.94. The summed E-state index contributed by atoms with van der Waals surface area (Å²) in [5.74, 6) is 0.161. The number of halogens is 2. The molecule has 1 aliphatic rings. The summed E-state index contributed by atoms with van der Waals surface area (Å²) in [4.78, 5) is 13.5. The summed E-state index contributed by atoms with van der Waals surface area (Å²) in [5.41, 5.74) is 6.63. The molecule has 0 spiro atoms. The van der Waals surface area contributed by atoms with Crippen molar-refractivity contribution in [1.29, 1.82) is 0 Å². The van der Waals surface area contributed by atoms with Gasteiger partial charge in [-0.05, 0) is 31.2 Å². The van der Waals surface area contributed by atoms with E-state index in [1.165, 1.54) is 4.90 Å². The molecule has 0 saturated heterocycles. The molecule has 0 aromatic heterocycles. The number of rotatable bonds is 5. The van der Waals surface area contributed by atoms with E-state index in [2.05, 4.69) is 24.0 Å². The van der Waals surface area contributed by atoms with Gasteiger partial charge in [-0.2, -0.15) is 0 Å². The molecular formula is C15H20Cl2N3O2+. The van der Waals surface area contributed by atoms with E-state index in [-0.39, 0.29) is 5.91 Å². The van der Waals surface area contributed by atoms with Crippen LogP contribution in [0.3, 0.4) is 0 Å². The van der Waals surface area contributed by atoms with Crippen molar-refractivity contribution in [2.45, 2.75) is 19.4 Å². The van der Waals surface area contributed by atoms with Crippen LogP contribution in [0, 0.1) is 0 Å². The van der Waals surface area contributed by atoms with Crippen LogP contribution in [0.1, 0.15) is 13.3 Å². The monoisotopic (exact) mass is 344 g/mol. The molecule has 0 saturated carbocycles. The maximum absolute atomic E-state index is 12.0. The van der Waals surface area contributed by atoms with Gasteiger partial charge in [-0.1, -0.05) is 23.2 Å². The van der Waals surface area contributed by atoms with Crippen LogP contribution in [0.4, 0.5) is 0 Å². The zero-order valence-corrected chi connectivity index (χ0v) is 14.1. The molecule has 3 N–H and O–H groups in total. The Morgan fingerprint density at radius 2 is 2.18 bits per heavy atom. The number of nitrogens with one attached hydrogen (secondary N) is 3. The van der Waals surface area contributed by atoms with Crippen molar-refractivity contribution < 1.29 is 14.4 Å². The van der Waals surface area contributed by atoms with Crippen LogP contribution >= 0.6 is 23.2 Å². The summed E-state index contributed by atoms with van der Waals surface area (Å²) < 4.78 is 5.55. The molecule has 0 radical (unpaired) electrons. The molecule has 1 aromatic rings. The third-order valence-electron chi connectivity index (χ3n) is 3.43. The molecule has 1 aliphatic heterocycles. The average Bonchev–Trinajstić information content (AvgIpc) is 2.49. The molecule has 2 rings (SSSR count). The fourth-order valence-electron chi connectivity index (χ4n) is 2.02. The Hall–Kier alpha value is -1.43. The van der Waals surface area contributed by atoms with Crippen LogP contribution in [0.15, 0.2) is 30.0 Å². The van der Waals surface area contributed by atoms with Crippen molar-refractivity contribution >= 4 is 29.1 Å². The summed E-state index contributed by atoms with van der Waals surface area (Å²) >= 11 is 11.8. The number of hydrazine groups is 1. The van der Waals surface area contributed by atoms with Crippen molar-refractivity contribution in [3.63, 3.8) is 0 Å². The largest absolute Gasteiger partial charge is 0.479 e. The first kappa shape index (κ1) is 16.9. The molecule has 0 fully saturated rings. The standard InChI is InChI=1S/C15H19Cl2N3O2/c1-10(22-14-4-3-11(16)9-13(14)17)15(21)19-18-12-5-7-20(2)8-6-12/h3-5,9-10,18H,6-8H2,1-2H3,(H,19,21)/p+1. The van der Waals surface area contributed by atoms with Crippen LogP contribution in [0.2, 0.25) is 10.0 Å². The van der Waals surface area contributed by atoms with E-state index in [4.69, 9.17) is 27.9 Å². The summed E-state index contributed by atoms with van der Waals surface area (Å²) in [6, 6.07) is 4.88. The Balaban J connectivity index is 1.84. The van der Waals surface area contributed by atoms with E-state index >= 15 is 0 Å². The molecule has 5 nitrogen and oxygen atoms in total. The highest BCUT2D eigenvalue weighted by molar-refractivity contribution is 6.35. The maximum atomic E-state index is 12.0. The van der Waals surface area contributed by atoms with Gasteiger partial charge in [0.25, 0.3) is 5.91 Å². The smallest absolute Gasteiger partial charge is 0.279 e. The number of hydrogen-bond donors (Lipinski definition) is 3. The Labute approximate surface area is 140 Å². The Morgan fingerprint density at radius 1 is 1.41 bits per heavy atom. The third kappa shape index (κ3) is 4.80. The first-order valence-corrected chi connectivity index (χ1v) is 7.89. The lowest BCUT2D eigenvalue weighted by Crippen LogP contribution is -3.09. The SMILES string of the molecule is CC(Oc1ccc(Cl)cc1Cl)C(=O)NNC1=CC[NH+](C)CC1. The van der Waals surface area contributed by atoms with Crippen LogP contribution in [-0.2, 0) is 4.79 Å². The predicted molar refractivity (Wildman–Crippen MR) is 87.2 cm³/mol. The van der Waals surface area contributed by atoms with E-state index < -0.39 is 6.10 Å². The van der Waals surface area contributed by atoms with Gasteiger partial charge >= 0.3 is 0 Å². The van der Waals surface area contributed by atoms with Gasteiger partial charge < -0.3 is 15.1 Å².